The van der Waals surface area contributed by atoms with Gasteiger partial charge < -0.3 is 4.43 Å². The van der Waals surface area contributed by atoms with E-state index in [0.717, 1.165) is 29.7 Å². The van der Waals surface area contributed by atoms with E-state index in [1.807, 2.05) is 13.8 Å². The van der Waals surface area contributed by atoms with Crippen molar-refractivity contribution in [1.29, 1.82) is 0 Å². The highest BCUT2D eigenvalue weighted by atomic mass is 79.9. The summed E-state index contributed by atoms with van der Waals surface area (Å²) in [5.41, 5.74) is -0.000804. The molecule has 0 bridgehead atoms. The SMILES string of the molecule is CC(C)(CCCCC(=O)C(C)(C)Br)O[SiH3]. The first-order valence-corrected chi connectivity index (χ1v) is 7.07. The number of carbonyl (C=O) groups is 1. The molecule has 0 saturated heterocycles. The van der Waals surface area contributed by atoms with Crippen molar-refractivity contribution in [2.24, 2.45) is 0 Å². The van der Waals surface area contributed by atoms with Gasteiger partial charge in [0.2, 0.25) is 0 Å². The molecule has 0 radical (unpaired) electrons. The Bertz CT molecular complexity index is 209. The van der Waals surface area contributed by atoms with Crippen molar-refractivity contribution in [2.45, 2.75) is 63.3 Å². The van der Waals surface area contributed by atoms with Crippen LogP contribution in [-0.4, -0.2) is 26.2 Å². The maximum absolute atomic E-state index is 11.6. The molecule has 90 valence electrons. The predicted octanol–water partition coefficient (Wildman–Crippen LogP) is 2.37. The molecule has 0 aromatic carbocycles. The van der Waals surface area contributed by atoms with Gasteiger partial charge in [-0.2, -0.15) is 0 Å². The predicted molar refractivity (Wildman–Crippen MR) is 71.6 cm³/mol. The quantitative estimate of drug-likeness (QED) is 0.409. The lowest BCUT2D eigenvalue weighted by atomic mass is 9.98. The number of alkyl halides is 1. The smallest absolute Gasteiger partial charge is 0.148 e. The summed E-state index contributed by atoms with van der Waals surface area (Å²) in [6, 6.07) is 0. The Hall–Kier alpha value is 0.327. The van der Waals surface area contributed by atoms with Gasteiger partial charge in [-0.1, -0.05) is 22.4 Å². The number of unbranched alkanes of at least 4 members (excludes halogenated alkanes) is 1. The summed E-state index contributed by atoms with van der Waals surface area (Å²) >= 11 is 3.38. The molecule has 0 spiro atoms. The Morgan fingerprint density at radius 3 is 2.20 bits per heavy atom. The average Bonchev–Trinajstić information content (AvgIpc) is 2.10. The van der Waals surface area contributed by atoms with Gasteiger partial charge in [-0.25, -0.2) is 0 Å². The van der Waals surface area contributed by atoms with E-state index in [0.29, 0.717) is 6.42 Å². The Morgan fingerprint density at radius 1 is 1.27 bits per heavy atom. The van der Waals surface area contributed by atoms with Crippen LogP contribution in [0.2, 0.25) is 0 Å². The molecule has 0 aromatic rings. The maximum atomic E-state index is 11.6. The van der Waals surface area contributed by atoms with Crippen LogP contribution in [-0.2, 0) is 9.22 Å². The zero-order valence-electron chi connectivity index (χ0n) is 10.5. The van der Waals surface area contributed by atoms with E-state index < -0.39 is 0 Å². The summed E-state index contributed by atoms with van der Waals surface area (Å²) in [5, 5.41) is 0. The van der Waals surface area contributed by atoms with Crippen molar-refractivity contribution in [1.82, 2.24) is 0 Å². The van der Waals surface area contributed by atoms with Crippen LogP contribution >= 0.6 is 15.9 Å². The number of ketones is 1. The van der Waals surface area contributed by atoms with E-state index in [2.05, 4.69) is 29.8 Å². The minimum absolute atomic E-state index is 0.000804. The molecule has 0 atom stereocenters. The van der Waals surface area contributed by atoms with E-state index in [1.165, 1.54) is 0 Å². The van der Waals surface area contributed by atoms with Gasteiger partial charge in [-0.05, 0) is 40.5 Å². The second kappa shape index (κ2) is 6.16. The zero-order valence-corrected chi connectivity index (χ0v) is 14.1. The molecule has 15 heavy (non-hydrogen) atoms. The molecule has 0 aliphatic rings. The third-order valence-electron chi connectivity index (χ3n) is 2.65. The molecule has 0 unspecified atom stereocenters. The molecule has 0 saturated carbocycles. The molecular weight excluding hydrogens is 272 g/mol. The number of rotatable bonds is 7. The normalized spacial score (nSPS) is 13.1. The van der Waals surface area contributed by atoms with Gasteiger partial charge in [0.15, 0.2) is 0 Å². The van der Waals surface area contributed by atoms with Crippen LogP contribution in [0.1, 0.15) is 53.4 Å². The van der Waals surface area contributed by atoms with Gasteiger partial charge in [0.05, 0.1) is 4.32 Å². The van der Waals surface area contributed by atoms with Gasteiger partial charge in [-0.15, -0.1) is 0 Å². The Morgan fingerprint density at radius 2 is 1.80 bits per heavy atom. The number of halogens is 1. The van der Waals surface area contributed by atoms with Gasteiger partial charge in [0, 0.05) is 12.0 Å². The lowest BCUT2D eigenvalue weighted by molar-refractivity contribution is -0.120. The number of Topliss-reactive ketones (excluding diaryl/α,β-unsaturated/α-hetero) is 1. The monoisotopic (exact) mass is 294 g/mol. The average molecular weight is 295 g/mol. The lowest BCUT2D eigenvalue weighted by Gasteiger charge is -2.23. The van der Waals surface area contributed by atoms with Gasteiger partial charge in [0.1, 0.15) is 16.3 Å². The number of hydrogen-bond acceptors (Lipinski definition) is 2. The van der Waals surface area contributed by atoms with Crippen LogP contribution in [0.5, 0.6) is 0 Å². The molecule has 0 aromatic heterocycles. The molecule has 0 N–H and O–H groups in total. The van der Waals surface area contributed by atoms with Crippen LogP contribution < -0.4 is 0 Å². The summed E-state index contributed by atoms with van der Waals surface area (Å²) in [4.78, 5) is 11.6. The molecule has 0 aliphatic heterocycles. The number of carbonyl (C=O) groups excluding carboxylic acids is 1. The maximum Gasteiger partial charge on any atom is 0.148 e. The fraction of sp³-hybridized carbons (Fsp3) is 0.909. The van der Waals surface area contributed by atoms with Crippen molar-refractivity contribution < 1.29 is 9.22 Å². The first-order chi connectivity index (χ1) is 6.69. The van der Waals surface area contributed by atoms with Crippen LogP contribution in [0.15, 0.2) is 0 Å². The summed E-state index contributed by atoms with van der Waals surface area (Å²) in [6.07, 6.45) is 3.72. The molecule has 0 heterocycles. The molecule has 0 amide bonds. The van der Waals surface area contributed by atoms with E-state index in [9.17, 15) is 4.79 Å². The molecule has 0 rings (SSSR count). The van der Waals surface area contributed by atoms with Crippen molar-refractivity contribution in [3.05, 3.63) is 0 Å². The van der Waals surface area contributed by atoms with Crippen LogP contribution in [0.25, 0.3) is 0 Å². The highest BCUT2D eigenvalue weighted by Gasteiger charge is 2.23. The van der Waals surface area contributed by atoms with Gasteiger partial charge in [-0.3, -0.25) is 4.79 Å². The fourth-order valence-electron chi connectivity index (χ4n) is 1.24. The van der Waals surface area contributed by atoms with Crippen molar-refractivity contribution in [3.8, 4) is 0 Å². The minimum atomic E-state index is -0.364. The second-order valence-corrected chi connectivity index (χ2v) is 7.46. The van der Waals surface area contributed by atoms with E-state index >= 15 is 0 Å². The van der Waals surface area contributed by atoms with Crippen LogP contribution in [0.4, 0.5) is 0 Å². The summed E-state index contributed by atoms with van der Waals surface area (Å²) in [5.74, 6) is 0.284. The van der Waals surface area contributed by atoms with Gasteiger partial charge >= 0.3 is 0 Å². The first-order valence-electron chi connectivity index (χ1n) is 5.46. The standard InChI is InChI=1S/C11H23BrO2Si/c1-10(2,14-15)8-6-5-7-9(13)11(3,4)12/h5-8H2,1-4,15H3. The topological polar surface area (TPSA) is 26.3 Å². The molecule has 0 fully saturated rings. The largest absolute Gasteiger partial charge is 0.423 e. The Kier molecular flexibility index (Phi) is 6.29. The molecule has 4 heteroatoms. The van der Waals surface area contributed by atoms with Crippen molar-refractivity contribution in [2.75, 3.05) is 0 Å². The summed E-state index contributed by atoms with van der Waals surface area (Å²) in [7, 11) is 0.781. The highest BCUT2D eigenvalue weighted by Crippen LogP contribution is 2.22. The zero-order chi connectivity index (χ0) is 12.1. The summed E-state index contributed by atoms with van der Waals surface area (Å²) in [6.45, 7) is 8.02. The lowest BCUT2D eigenvalue weighted by Crippen LogP contribution is -2.25. The van der Waals surface area contributed by atoms with E-state index in [4.69, 9.17) is 4.43 Å². The Labute approximate surface area is 105 Å². The van der Waals surface area contributed by atoms with E-state index in [1.54, 1.807) is 0 Å². The minimum Gasteiger partial charge on any atom is -0.423 e. The number of hydrogen-bond donors (Lipinski definition) is 0. The third-order valence-corrected chi connectivity index (χ3v) is 4.20. The summed E-state index contributed by atoms with van der Waals surface area (Å²) < 4.78 is 5.09. The molecule has 2 nitrogen and oxygen atoms in total. The van der Waals surface area contributed by atoms with Crippen molar-refractivity contribution in [3.63, 3.8) is 0 Å². The van der Waals surface area contributed by atoms with Crippen LogP contribution in [0, 0.1) is 0 Å². The second-order valence-electron chi connectivity index (χ2n) is 5.07. The third kappa shape index (κ3) is 7.25. The molecule has 0 aliphatic carbocycles. The van der Waals surface area contributed by atoms with Crippen LogP contribution in [0.3, 0.4) is 0 Å². The van der Waals surface area contributed by atoms with Crippen molar-refractivity contribution >= 4 is 32.2 Å². The van der Waals surface area contributed by atoms with E-state index in [-0.39, 0.29) is 15.7 Å². The fourth-order valence-corrected chi connectivity index (χ4v) is 1.64. The van der Waals surface area contributed by atoms with Gasteiger partial charge in [0.25, 0.3) is 0 Å². The highest BCUT2D eigenvalue weighted by molar-refractivity contribution is 9.10. The first kappa shape index (κ1) is 15.3. The molecular formula is C11H23BrO2Si. The Balaban J connectivity index is 3.69.